The van der Waals surface area contributed by atoms with Gasteiger partial charge in [0.05, 0.1) is 11.8 Å². The van der Waals surface area contributed by atoms with Crippen LogP contribution in [-0.4, -0.2) is 26.3 Å². The lowest BCUT2D eigenvalue weighted by Crippen LogP contribution is -2.31. The first kappa shape index (κ1) is 17.7. The molecule has 1 unspecified atom stereocenters. The van der Waals surface area contributed by atoms with Crippen LogP contribution in [0.4, 0.5) is 0 Å². The molecular formula is C16H25NO3S. The Morgan fingerprint density at radius 3 is 2.38 bits per heavy atom. The van der Waals surface area contributed by atoms with Gasteiger partial charge in [0.15, 0.2) is 0 Å². The van der Waals surface area contributed by atoms with E-state index in [2.05, 4.69) is 19.2 Å². The van der Waals surface area contributed by atoms with Gasteiger partial charge in [-0.3, -0.25) is 4.79 Å². The van der Waals surface area contributed by atoms with Crippen LogP contribution in [0.3, 0.4) is 0 Å². The maximum atomic E-state index is 12.0. The number of hydrogen-bond acceptors (Lipinski definition) is 3. The third-order valence-corrected chi connectivity index (χ3v) is 4.25. The number of amides is 1. The van der Waals surface area contributed by atoms with E-state index >= 15 is 0 Å². The van der Waals surface area contributed by atoms with Crippen molar-refractivity contribution in [2.24, 2.45) is 5.92 Å². The number of carbonyl (C=O) groups is 1. The zero-order chi connectivity index (χ0) is 16.0. The lowest BCUT2D eigenvalue weighted by molar-refractivity contribution is -0.121. The zero-order valence-corrected chi connectivity index (χ0v) is 14.0. The van der Waals surface area contributed by atoms with Crippen LogP contribution in [0.1, 0.15) is 43.9 Å². The predicted octanol–water partition coefficient (Wildman–Crippen LogP) is 2.63. The first-order chi connectivity index (χ1) is 9.69. The highest BCUT2D eigenvalue weighted by atomic mass is 32.2. The molecule has 4 nitrogen and oxygen atoms in total. The second-order valence-electron chi connectivity index (χ2n) is 5.99. The van der Waals surface area contributed by atoms with Crippen LogP contribution in [0.5, 0.6) is 0 Å². The largest absolute Gasteiger partial charge is 0.349 e. The van der Waals surface area contributed by atoms with Crippen molar-refractivity contribution in [3.05, 3.63) is 35.4 Å². The number of nitrogens with one attached hydrogen (secondary N) is 1. The molecule has 0 aromatic heterocycles. The summed E-state index contributed by atoms with van der Waals surface area (Å²) in [5.41, 5.74) is 2.23. The Morgan fingerprint density at radius 1 is 1.24 bits per heavy atom. The monoisotopic (exact) mass is 311 g/mol. The van der Waals surface area contributed by atoms with Gasteiger partial charge in [-0.15, -0.1) is 0 Å². The first-order valence-corrected chi connectivity index (χ1v) is 9.27. The van der Waals surface area contributed by atoms with Crippen LogP contribution >= 0.6 is 0 Å². The highest BCUT2D eigenvalue weighted by molar-refractivity contribution is 7.90. The average Bonchev–Trinajstić information content (AvgIpc) is 2.35. The van der Waals surface area contributed by atoms with Crippen molar-refractivity contribution in [2.45, 2.75) is 39.7 Å². The molecular weight excluding hydrogens is 286 g/mol. The van der Waals surface area contributed by atoms with Crippen LogP contribution in [0.25, 0.3) is 0 Å². The maximum absolute atomic E-state index is 12.0. The summed E-state index contributed by atoms with van der Waals surface area (Å²) in [6, 6.07) is 7.89. The zero-order valence-electron chi connectivity index (χ0n) is 13.2. The quantitative estimate of drug-likeness (QED) is 0.842. The molecule has 1 N–H and O–H groups in total. The molecule has 0 aliphatic heterocycles. The van der Waals surface area contributed by atoms with Crippen LogP contribution in [0, 0.1) is 12.8 Å². The number of hydrogen-bond donors (Lipinski definition) is 1. The third kappa shape index (κ3) is 6.76. The van der Waals surface area contributed by atoms with Crippen LogP contribution in [-0.2, 0) is 14.6 Å². The Balaban J connectivity index is 2.80. The van der Waals surface area contributed by atoms with E-state index in [1.54, 1.807) is 0 Å². The van der Waals surface area contributed by atoms with E-state index in [9.17, 15) is 13.2 Å². The van der Waals surface area contributed by atoms with Gasteiger partial charge in [-0.1, -0.05) is 38.1 Å². The van der Waals surface area contributed by atoms with E-state index < -0.39 is 9.84 Å². The topological polar surface area (TPSA) is 63.2 Å². The standard InChI is InChI=1S/C16H25NO3S/c1-12(2)11-15(14-8-6-5-7-13(14)3)17-16(18)9-10-21(4,19)20/h5-8,12,15H,9-11H2,1-4H3,(H,17,18). The van der Waals surface area contributed by atoms with E-state index in [4.69, 9.17) is 0 Å². The number of rotatable bonds is 7. The molecule has 0 radical (unpaired) electrons. The minimum Gasteiger partial charge on any atom is -0.349 e. The summed E-state index contributed by atoms with van der Waals surface area (Å²) in [6.07, 6.45) is 1.99. The van der Waals surface area contributed by atoms with Crippen molar-refractivity contribution >= 4 is 15.7 Å². The molecule has 0 saturated carbocycles. The molecule has 0 saturated heterocycles. The predicted molar refractivity (Wildman–Crippen MR) is 85.8 cm³/mol. The number of sulfone groups is 1. The summed E-state index contributed by atoms with van der Waals surface area (Å²) < 4.78 is 22.3. The summed E-state index contributed by atoms with van der Waals surface area (Å²) in [6.45, 7) is 6.23. The smallest absolute Gasteiger partial charge is 0.221 e. The average molecular weight is 311 g/mol. The van der Waals surface area contributed by atoms with Crippen molar-refractivity contribution in [3.8, 4) is 0 Å². The molecule has 0 bridgehead atoms. The summed E-state index contributed by atoms with van der Waals surface area (Å²) in [7, 11) is -3.11. The summed E-state index contributed by atoms with van der Waals surface area (Å²) in [5, 5.41) is 2.97. The third-order valence-electron chi connectivity index (χ3n) is 3.31. The van der Waals surface area contributed by atoms with Gasteiger partial charge in [-0.2, -0.15) is 0 Å². The fourth-order valence-electron chi connectivity index (χ4n) is 2.26. The lowest BCUT2D eigenvalue weighted by Gasteiger charge is -2.23. The second kappa shape index (κ2) is 7.59. The molecule has 0 heterocycles. The highest BCUT2D eigenvalue weighted by Gasteiger charge is 2.18. The molecule has 0 spiro atoms. The van der Waals surface area contributed by atoms with Gasteiger partial charge in [0.1, 0.15) is 9.84 Å². The van der Waals surface area contributed by atoms with Crippen LogP contribution in [0.2, 0.25) is 0 Å². The molecule has 21 heavy (non-hydrogen) atoms. The summed E-state index contributed by atoms with van der Waals surface area (Å²) in [5.74, 6) is 0.111. The summed E-state index contributed by atoms with van der Waals surface area (Å²) >= 11 is 0. The number of aryl methyl sites for hydroxylation is 1. The Hall–Kier alpha value is -1.36. The van der Waals surface area contributed by atoms with Gasteiger partial charge in [-0.05, 0) is 30.4 Å². The minimum absolute atomic E-state index is 0.0132. The summed E-state index contributed by atoms with van der Waals surface area (Å²) in [4.78, 5) is 12.0. The van der Waals surface area contributed by atoms with Gasteiger partial charge < -0.3 is 5.32 Å². The Labute approximate surface area is 127 Å². The molecule has 118 valence electrons. The molecule has 1 amide bonds. The molecule has 1 aromatic rings. The van der Waals surface area contributed by atoms with Crippen molar-refractivity contribution < 1.29 is 13.2 Å². The van der Waals surface area contributed by atoms with Gasteiger partial charge in [0.25, 0.3) is 0 Å². The Bertz CT molecular complexity index is 579. The van der Waals surface area contributed by atoms with E-state index in [1.807, 2.05) is 31.2 Å². The van der Waals surface area contributed by atoms with Crippen molar-refractivity contribution in [2.75, 3.05) is 12.0 Å². The Morgan fingerprint density at radius 2 is 1.86 bits per heavy atom. The highest BCUT2D eigenvalue weighted by Crippen LogP contribution is 2.24. The van der Waals surface area contributed by atoms with Gasteiger partial charge in [-0.25, -0.2) is 8.42 Å². The van der Waals surface area contributed by atoms with Crippen molar-refractivity contribution in [3.63, 3.8) is 0 Å². The van der Waals surface area contributed by atoms with E-state index in [0.29, 0.717) is 5.92 Å². The normalized spacial score (nSPS) is 13.2. The van der Waals surface area contributed by atoms with E-state index in [-0.39, 0.29) is 24.1 Å². The maximum Gasteiger partial charge on any atom is 0.221 e. The second-order valence-corrected chi connectivity index (χ2v) is 8.25. The number of carbonyl (C=O) groups excluding carboxylic acids is 1. The van der Waals surface area contributed by atoms with Gasteiger partial charge in [0, 0.05) is 12.7 Å². The molecule has 1 atom stereocenters. The minimum atomic E-state index is -3.11. The van der Waals surface area contributed by atoms with Crippen LogP contribution < -0.4 is 5.32 Å². The molecule has 0 aliphatic carbocycles. The van der Waals surface area contributed by atoms with Crippen molar-refractivity contribution in [1.82, 2.24) is 5.32 Å². The fourth-order valence-corrected chi connectivity index (χ4v) is 2.81. The molecule has 5 heteroatoms. The SMILES string of the molecule is Cc1ccccc1C(CC(C)C)NC(=O)CCS(C)(=O)=O. The fraction of sp³-hybridized carbons (Fsp3) is 0.562. The molecule has 0 aliphatic rings. The van der Waals surface area contributed by atoms with Gasteiger partial charge in [0.2, 0.25) is 5.91 Å². The Kier molecular flexibility index (Phi) is 6.40. The van der Waals surface area contributed by atoms with E-state index in [0.717, 1.165) is 23.8 Å². The number of benzene rings is 1. The lowest BCUT2D eigenvalue weighted by atomic mass is 9.94. The van der Waals surface area contributed by atoms with Gasteiger partial charge >= 0.3 is 0 Å². The first-order valence-electron chi connectivity index (χ1n) is 7.21. The van der Waals surface area contributed by atoms with E-state index in [1.165, 1.54) is 0 Å². The van der Waals surface area contributed by atoms with Crippen molar-refractivity contribution in [1.29, 1.82) is 0 Å². The molecule has 0 fully saturated rings. The molecule has 1 aromatic carbocycles. The van der Waals surface area contributed by atoms with Crippen LogP contribution in [0.15, 0.2) is 24.3 Å². The molecule has 1 rings (SSSR count).